The van der Waals surface area contributed by atoms with Gasteiger partial charge >= 0.3 is 19.8 Å². The first-order valence-corrected chi connectivity index (χ1v) is 12.8. The summed E-state index contributed by atoms with van der Waals surface area (Å²) in [7, 11) is -2.63. The standard InChI is InChI=1S/C20H22ClFN5O7PS/c1-10(2)32-19(28)11(3)25-26-35(30)34-14-5-4-12(21)6-15(14)31-8-17-33-16(9-36-17)27-7-13(22)18(23)24-20(27)29/h4-7,9-11,17,25H,8H2,1-3H3,(H2,23,24,29)/t11-,17-/m0/s1. The molecule has 1 aliphatic rings. The van der Waals surface area contributed by atoms with E-state index in [1.165, 1.54) is 42.3 Å². The number of nitrogens with zero attached hydrogens (tertiary/aromatic N) is 3. The second kappa shape index (κ2) is 12.4. The lowest BCUT2D eigenvalue weighted by atomic mass is 10.3. The number of halogens is 2. The average molecular weight is 562 g/mol. The molecule has 0 saturated carbocycles. The molecule has 0 saturated heterocycles. The minimum atomic E-state index is -2.63. The van der Waals surface area contributed by atoms with Crippen LogP contribution in [0.25, 0.3) is 5.88 Å². The van der Waals surface area contributed by atoms with Gasteiger partial charge in [-0.25, -0.2) is 13.8 Å². The van der Waals surface area contributed by atoms with Crippen LogP contribution in [0.5, 0.6) is 11.5 Å². The lowest BCUT2D eigenvalue weighted by molar-refractivity contribution is -0.169. The highest BCUT2D eigenvalue weighted by Crippen LogP contribution is 2.36. The van der Waals surface area contributed by atoms with Crippen LogP contribution < -0.4 is 31.0 Å². The summed E-state index contributed by atoms with van der Waals surface area (Å²) in [6, 6.07) is 3.53. The van der Waals surface area contributed by atoms with Crippen LogP contribution in [-0.2, 0) is 14.3 Å². The van der Waals surface area contributed by atoms with Crippen molar-refractivity contribution in [1.82, 2.24) is 15.0 Å². The molecule has 36 heavy (non-hydrogen) atoms. The van der Waals surface area contributed by atoms with Crippen molar-refractivity contribution < 1.29 is 32.8 Å². The molecule has 0 bridgehead atoms. The van der Waals surface area contributed by atoms with Gasteiger partial charge in [-0.2, -0.15) is 10.4 Å². The Bertz CT molecular complexity index is 1250. The lowest BCUT2D eigenvalue weighted by Crippen LogP contribution is -2.33. The highest BCUT2D eigenvalue weighted by Gasteiger charge is 2.24. The van der Waals surface area contributed by atoms with Gasteiger partial charge in [0.15, 0.2) is 22.8 Å². The third kappa shape index (κ3) is 7.55. The fourth-order valence-corrected chi connectivity index (χ4v) is 4.09. The molecule has 1 aromatic carbocycles. The summed E-state index contributed by atoms with van der Waals surface area (Å²) in [6.07, 6.45) is 0.569. The van der Waals surface area contributed by atoms with E-state index >= 15 is 0 Å². The van der Waals surface area contributed by atoms with Crippen molar-refractivity contribution in [1.29, 1.82) is 0 Å². The molecule has 2 aromatic rings. The predicted octanol–water partition coefficient (Wildman–Crippen LogP) is 2.62. The normalized spacial score (nSPS) is 16.4. The van der Waals surface area contributed by atoms with E-state index in [9.17, 15) is 18.9 Å². The van der Waals surface area contributed by atoms with Gasteiger partial charge in [0, 0.05) is 21.4 Å². The molecule has 0 amide bonds. The first-order valence-electron chi connectivity index (χ1n) is 10.3. The Hall–Kier alpha value is -2.90. The Morgan fingerprint density at radius 2 is 2.19 bits per heavy atom. The zero-order chi connectivity index (χ0) is 26.4. The van der Waals surface area contributed by atoms with Crippen LogP contribution in [0.15, 0.2) is 39.5 Å². The van der Waals surface area contributed by atoms with Crippen LogP contribution in [0.3, 0.4) is 0 Å². The maximum Gasteiger partial charge on any atom is 0.412 e. The molecule has 3 rings (SSSR count). The minimum absolute atomic E-state index is 0.0469. The summed E-state index contributed by atoms with van der Waals surface area (Å²) < 4.78 is 36.3. The number of benzene rings is 1. The van der Waals surface area contributed by atoms with Gasteiger partial charge in [-0.15, -0.1) is 0 Å². The topological polar surface area (TPSA) is 162 Å². The van der Waals surface area contributed by atoms with Crippen LogP contribution >= 0.6 is 31.5 Å². The van der Waals surface area contributed by atoms with Crippen molar-refractivity contribution in [2.75, 3.05) is 12.3 Å². The second-order valence-electron chi connectivity index (χ2n) is 7.43. The third-order valence-electron chi connectivity index (χ3n) is 4.22. The Kier molecular flexibility index (Phi) is 9.51. The molecule has 16 heteroatoms. The van der Waals surface area contributed by atoms with E-state index in [0.29, 0.717) is 5.02 Å². The number of carbonyl (C=O) groups excluding carboxylic acids is 1. The largest absolute Gasteiger partial charge is 0.574 e. The number of nitrogens with one attached hydrogen (secondary N) is 1. The van der Waals surface area contributed by atoms with E-state index in [1.54, 1.807) is 13.8 Å². The van der Waals surface area contributed by atoms with Crippen molar-refractivity contribution in [3.63, 3.8) is 0 Å². The molecule has 3 N–H and O–H groups in total. The monoisotopic (exact) mass is 561 g/mol. The number of thioether (sulfide) groups is 1. The summed E-state index contributed by atoms with van der Waals surface area (Å²) in [5, 5.41) is 1.82. The number of ether oxygens (including phenoxy) is 3. The van der Waals surface area contributed by atoms with Crippen LogP contribution in [-0.4, -0.2) is 39.7 Å². The first-order chi connectivity index (χ1) is 17.0. The van der Waals surface area contributed by atoms with Gasteiger partial charge in [-0.05, 0) is 32.9 Å². The fraction of sp³-hybridized carbons (Fsp3) is 0.350. The SMILES string of the molecule is CC(C)OC(=O)[C@H](C)N/N=[P+](\[O-])Oc1ccc(Cl)cc1OC[C@H]1OC(n2cc(F)c(N)nc2=O)=CS1. The number of esters is 1. The Labute approximate surface area is 215 Å². The van der Waals surface area contributed by atoms with Crippen molar-refractivity contribution >= 4 is 49.2 Å². The number of hydrogen-bond acceptors (Lipinski definition) is 11. The van der Waals surface area contributed by atoms with Crippen LogP contribution in [0.2, 0.25) is 5.02 Å². The predicted molar refractivity (Wildman–Crippen MR) is 130 cm³/mol. The van der Waals surface area contributed by atoms with E-state index in [4.69, 9.17) is 36.1 Å². The third-order valence-corrected chi connectivity index (χ3v) is 5.96. The summed E-state index contributed by atoms with van der Waals surface area (Å²) in [5.41, 5.74) is 6.29. The highest BCUT2D eigenvalue weighted by atomic mass is 35.5. The molecule has 1 unspecified atom stereocenters. The molecule has 0 fully saturated rings. The van der Waals surface area contributed by atoms with E-state index in [0.717, 1.165) is 10.8 Å². The molecule has 0 spiro atoms. The first kappa shape index (κ1) is 27.7. The average Bonchev–Trinajstić information content (AvgIpc) is 3.28. The Morgan fingerprint density at radius 1 is 1.44 bits per heavy atom. The minimum Gasteiger partial charge on any atom is -0.574 e. The van der Waals surface area contributed by atoms with Gasteiger partial charge in [0.05, 0.1) is 12.3 Å². The van der Waals surface area contributed by atoms with Crippen molar-refractivity contribution in [3.8, 4) is 11.5 Å². The molecular formula is C20H22ClFN5O7PS. The van der Waals surface area contributed by atoms with Crippen molar-refractivity contribution in [2.24, 2.45) is 4.85 Å². The van der Waals surface area contributed by atoms with E-state index in [1.807, 2.05) is 0 Å². The molecule has 1 aliphatic heterocycles. The van der Waals surface area contributed by atoms with Gasteiger partial charge in [0.25, 0.3) is 0 Å². The highest BCUT2D eigenvalue weighted by molar-refractivity contribution is 8.03. The zero-order valence-corrected chi connectivity index (χ0v) is 21.7. The fourth-order valence-electron chi connectivity index (χ4n) is 2.57. The lowest BCUT2D eigenvalue weighted by Gasteiger charge is -2.15. The number of carbonyl (C=O) groups is 1. The number of hydrogen-bond donors (Lipinski definition) is 2. The maximum atomic E-state index is 13.7. The van der Waals surface area contributed by atoms with Gasteiger partial charge in [-0.3, -0.25) is 9.32 Å². The van der Waals surface area contributed by atoms with Crippen LogP contribution in [0.4, 0.5) is 10.2 Å². The Morgan fingerprint density at radius 3 is 2.92 bits per heavy atom. The molecule has 0 aliphatic carbocycles. The molecular weight excluding hydrogens is 540 g/mol. The number of rotatable bonds is 10. The smallest absolute Gasteiger partial charge is 0.412 e. The number of nitrogen functional groups attached to an aromatic ring is 1. The molecule has 1 aromatic heterocycles. The molecule has 194 valence electrons. The second-order valence-corrected chi connectivity index (χ2v) is 9.76. The number of aromatic nitrogens is 2. The molecule has 12 nitrogen and oxygen atoms in total. The number of nitrogens with two attached hydrogens (primary N) is 1. The van der Waals surface area contributed by atoms with E-state index in [2.05, 4.69) is 15.3 Å². The maximum absolute atomic E-state index is 13.7. The van der Waals surface area contributed by atoms with Gasteiger partial charge < -0.3 is 24.8 Å². The van der Waals surface area contributed by atoms with Crippen molar-refractivity contribution in [3.05, 3.63) is 51.1 Å². The van der Waals surface area contributed by atoms with Crippen LogP contribution in [0.1, 0.15) is 20.8 Å². The van der Waals surface area contributed by atoms with E-state index in [-0.39, 0.29) is 30.1 Å². The Balaban J connectivity index is 1.60. The molecule has 2 heterocycles. The molecule has 3 atom stereocenters. The quantitative estimate of drug-likeness (QED) is 0.249. The summed E-state index contributed by atoms with van der Waals surface area (Å²) in [6.45, 7) is 4.85. The van der Waals surface area contributed by atoms with E-state index < -0.39 is 42.9 Å². The number of anilines is 1. The van der Waals surface area contributed by atoms with Crippen LogP contribution in [0, 0.1) is 5.82 Å². The zero-order valence-electron chi connectivity index (χ0n) is 19.2. The summed E-state index contributed by atoms with van der Waals surface area (Å²) in [4.78, 5) is 43.1. The summed E-state index contributed by atoms with van der Waals surface area (Å²) >= 11 is 7.21. The van der Waals surface area contributed by atoms with Gasteiger partial charge in [0.1, 0.15) is 12.6 Å². The molecule has 0 radical (unpaired) electrons. The van der Waals surface area contributed by atoms with Gasteiger partial charge in [0.2, 0.25) is 11.6 Å². The van der Waals surface area contributed by atoms with Gasteiger partial charge in [-0.1, -0.05) is 23.4 Å². The summed E-state index contributed by atoms with van der Waals surface area (Å²) in [5.74, 6) is -1.69. The van der Waals surface area contributed by atoms with Crippen molar-refractivity contribution in [2.45, 2.75) is 38.4 Å².